The van der Waals surface area contributed by atoms with Crippen LogP contribution in [0.2, 0.25) is 0 Å². The molecule has 1 rings (SSSR count). The van der Waals surface area contributed by atoms with Crippen LogP contribution in [0.25, 0.3) is 0 Å². The first-order chi connectivity index (χ1) is 12.2. The van der Waals surface area contributed by atoms with Crippen molar-refractivity contribution in [1.82, 2.24) is 0 Å². The molecule has 0 aliphatic carbocycles. The molecule has 1 atom stereocenters. The highest BCUT2D eigenvalue weighted by Gasteiger charge is 2.20. The van der Waals surface area contributed by atoms with Crippen molar-refractivity contribution in [2.75, 3.05) is 0 Å². The zero-order chi connectivity index (χ0) is 18.5. The molecular weight excluding hydrogens is 302 g/mol. The van der Waals surface area contributed by atoms with Crippen molar-refractivity contribution >= 4 is 5.71 Å². The van der Waals surface area contributed by atoms with Gasteiger partial charge in [-0.05, 0) is 56.6 Å². The van der Waals surface area contributed by atoms with Gasteiger partial charge in [0.05, 0.1) is 0 Å². The average Bonchev–Trinajstić information content (AvgIpc) is 2.61. The monoisotopic (exact) mass is 339 g/mol. The minimum Gasteiger partial charge on any atom is -0.258 e. The third-order valence-corrected chi connectivity index (χ3v) is 4.64. The average molecular weight is 340 g/mol. The molecule has 1 unspecified atom stereocenters. The van der Waals surface area contributed by atoms with Crippen LogP contribution >= 0.6 is 0 Å². The fourth-order valence-corrected chi connectivity index (χ4v) is 3.26. The van der Waals surface area contributed by atoms with Crippen LogP contribution in [0.1, 0.15) is 78.6 Å². The molecule has 138 valence electrons. The van der Waals surface area contributed by atoms with Crippen molar-refractivity contribution in [3.05, 3.63) is 60.4 Å². The van der Waals surface area contributed by atoms with E-state index in [-0.39, 0.29) is 0 Å². The summed E-state index contributed by atoms with van der Waals surface area (Å²) >= 11 is 0. The molecule has 0 bridgehead atoms. The summed E-state index contributed by atoms with van der Waals surface area (Å²) in [5.74, 6) is 0.435. The fourth-order valence-electron chi connectivity index (χ4n) is 3.26. The largest absolute Gasteiger partial charge is 0.258 e. The van der Waals surface area contributed by atoms with Crippen LogP contribution < -0.4 is 0 Å². The van der Waals surface area contributed by atoms with Gasteiger partial charge in [0.1, 0.15) is 0 Å². The van der Waals surface area contributed by atoms with Gasteiger partial charge in [-0.1, -0.05) is 63.6 Å². The second-order valence-electron chi connectivity index (χ2n) is 6.88. The third kappa shape index (κ3) is 7.86. The first-order valence-electron chi connectivity index (χ1n) is 10.1. The van der Waals surface area contributed by atoms with Gasteiger partial charge < -0.3 is 0 Å². The first kappa shape index (κ1) is 21.4. The third-order valence-electron chi connectivity index (χ3n) is 4.64. The van der Waals surface area contributed by atoms with Crippen molar-refractivity contribution in [1.29, 1.82) is 0 Å². The topological polar surface area (TPSA) is 12.4 Å². The van der Waals surface area contributed by atoms with Gasteiger partial charge in [0.2, 0.25) is 0 Å². The first-order valence-corrected chi connectivity index (χ1v) is 10.1. The molecule has 0 fully saturated rings. The number of aliphatic imine (C=N–C) groups is 1. The summed E-state index contributed by atoms with van der Waals surface area (Å²) in [6.45, 7) is 14.7. The van der Waals surface area contributed by atoms with Crippen LogP contribution in [0.15, 0.2) is 65.4 Å². The van der Waals surface area contributed by atoms with Crippen LogP contribution in [-0.4, -0.2) is 5.71 Å². The van der Waals surface area contributed by atoms with E-state index in [1.807, 2.05) is 6.08 Å². The second-order valence-corrected chi connectivity index (χ2v) is 6.88. The fraction of sp³-hybridized carbons (Fsp3) is 0.542. The van der Waals surface area contributed by atoms with Gasteiger partial charge in [0.15, 0.2) is 0 Å². The Labute approximate surface area is 156 Å². The smallest absolute Gasteiger partial charge is 0.0442 e. The minimum absolute atomic E-state index is 0.435. The van der Waals surface area contributed by atoms with Crippen molar-refractivity contribution in [2.45, 2.75) is 78.6 Å². The molecule has 0 N–H and O–H groups in total. The van der Waals surface area contributed by atoms with E-state index in [2.05, 4.69) is 58.2 Å². The summed E-state index contributed by atoms with van der Waals surface area (Å²) in [5.41, 5.74) is 5.11. The lowest BCUT2D eigenvalue weighted by Gasteiger charge is -2.23. The predicted octanol–water partition coefficient (Wildman–Crippen LogP) is 7.74. The number of allylic oxidation sites excluding steroid dienone is 8. The van der Waals surface area contributed by atoms with Crippen LogP contribution in [0.4, 0.5) is 0 Å². The molecule has 1 aliphatic heterocycles. The van der Waals surface area contributed by atoms with Gasteiger partial charge in [-0.3, -0.25) is 4.99 Å². The maximum atomic E-state index is 4.98. The maximum Gasteiger partial charge on any atom is 0.0442 e. The summed E-state index contributed by atoms with van der Waals surface area (Å²) in [6.07, 6.45) is 21.2. The van der Waals surface area contributed by atoms with E-state index in [4.69, 9.17) is 4.99 Å². The lowest BCUT2D eigenvalue weighted by Crippen LogP contribution is -2.16. The summed E-state index contributed by atoms with van der Waals surface area (Å²) in [7, 11) is 0. The Kier molecular flexibility index (Phi) is 10.9. The SMILES string of the molecule is C=CCCCC1=CC(C(C=CC)=CCC)CC(C(=C)CCCCC)=N1. The van der Waals surface area contributed by atoms with Gasteiger partial charge in [0.25, 0.3) is 0 Å². The number of rotatable bonds is 12. The van der Waals surface area contributed by atoms with Crippen LogP contribution in [-0.2, 0) is 0 Å². The van der Waals surface area contributed by atoms with Crippen molar-refractivity contribution in [2.24, 2.45) is 10.9 Å². The van der Waals surface area contributed by atoms with Crippen LogP contribution in [0, 0.1) is 5.92 Å². The molecule has 1 heterocycles. The van der Waals surface area contributed by atoms with Gasteiger partial charge in [-0.25, -0.2) is 0 Å². The van der Waals surface area contributed by atoms with Crippen LogP contribution in [0.3, 0.4) is 0 Å². The Balaban J connectivity index is 2.96. The number of hydrogen-bond acceptors (Lipinski definition) is 1. The molecule has 0 radical (unpaired) electrons. The van der Waals surface area contributed by atoms with Gasteiger partial charge in [-0.2, -0.15) is 0 Å². The quantitative estimate of drug-likeness (QED) is 0.196. The Morgan fingerprint density at radius 2 is 2.08 bits per heavy atom. The zero-order valence-electron chi connectivity index (χ0n) is 16.7. The van der Waals surface area contributed by atoms with Crippen molar-refractivity contribution in [3.63, 3.8) is 0 Å². The molecule has 0 amide bonds. The Morgan fingerprint density at radius 3 is 2.72 bits per heavy atom. The molecule has 1 nitrogen and oxygen atoms in total. The molecule has 0 aromatic rings. The van der Waals surface area contributed by atoms with Crippen LogP contribution in [0.5, 0.6) is 0 Å². The molecule has 0 aromatic heterocycles. The van der Waals surface area contributed by atoms with Gasteiger partial charge in [0, 0.05) is 23.7 Å². The molecule has 0 aromatic carbocycles. The summed E-state index contributed by atoms with van der Waals surface area (Å²) < 4.78 is 0. The van der Waals surface area contributed by atoms with E-state index in [0.717, 1.165) is 38.5 Å². The Morgan fingerprint density at radius 1 is 1.28 bits per heavy atom. The molecule has 1 heteroatoms. The second kappa shape index (κ2) is 12.7. The normalized spacial score (nSPS) is 18.2. The van der Waals surface area contributed by atoms with Gasteiger partial charge >= 0.3 is 0 Å². The lowest BCUT2D eigenvalue weighted by molar-refractivity contribution is 0.712. The highest BCUT2D eigenvalue weighted by Crippen LogP contribution is 2.30. The molecule has 0 saturated carbocycles. The highest BCUT2D eigenvalue weighted by molar-refractivity contribution is 6.01. The Bertz CT molecular complexity index is 542. The molecular formula is C24H37N. The van der Waals surface area contributed by atoms with E-state index in [0.29, 0.717) is 5.92 Å². The number of nitrogens with zero attached hydrogens (tertiary/aromatic N) is 1. The Hall–Kier alpha value is -1.63. The molecule has 0 spiro atoms. The molecule has 25 heavy (non-hydrogen) atoms. The van der Waals surface area contributed by atoms with Crippen molar-refractivity contribution in [3.8, 4) is 0 Å². The van der Waals surface area contributed by atoms with E-state index >= 15 is 0 Å². The standard InChI is InChI=1S/C24H37N/c1-6-10-12-16-20(5)24-19-22(21(14-8-3)15-9-4)18-23(25-24)17-13-11-7-2/h7-8,14-15,18,22H,2,5-6,9-13,16-17,19H2,1,3-4H3. The summed E-state index contributed by atoms with van der Waals surface area (Å²) in [5, 5.41) is 0. The molecule has 0 saturated heterocycles. The zero-order valence-corrected chi connectivity index (χ0v) is 16.7. The summed E-state index contributed by atoms with van der Waals surface area (Å²) in [4.78, 5) is 4.98. The summed E-state index contributed by atoms with van der Waals surface area (Å²) in [6, 6.07) is 0. The maximum absolute atomic E-state index is 4.98. The van der Waals surface area contributed by atoms with E-state index < -0.39 is 0 Å². The van der Waals surface area contributed by atoms with E-state index in [9.17, 15) is 0 Å². The minimum atomic E-state index is 0.435. The van der Waals surface area contributed by atoms with E-state index in [1.165, 1.54) is 41.8 Å². The highest BCUT2D eigenvalue weighted by atomic mass is 14.8. The number of unbranched alkanes of at least 4 members (excludes halogenated alkanes) is 3. The lowest BCUT2D eigenvalue weighted by atomic mass is 9.85. The van der Waals surface area contributed by atoms with Crippen molar-refractivity contribution < 1.29 is 0 Å². The van der Waals surface area contributed by atoms with E-state index in [1.54, 1.807) is 0 Å². The van der Waals surface area contributed by atoms with Gasteiger partial charge in [-0.15, -0.1) is 6.58 Å². The predicted molar refractivity (Wildman–Crippen MR) is 114 cm³/mol. The molecule has 1 aliphatic rings. The number of hydrogen-bond donors (Lipinski definition) is 0.